The molecule has 0 aromatic rings. The second-order valence-electron chi connectivity index (χ2n) is 4.68. The lowest BCUT2D eigenvalue weighted by Crippen LogP contribution is -2.51. The van der Waals surface area contributed by atoms with Gasteiger partial charge in [-0.3, -0.25) is 9.59 Å². The van der Waals surface area contributed by atoms with Gasteiger partial charge in [0.25, 0.3) is 0 Å². The van der Waals surface area contributed by atoms with E-state index in [-0.39, 0.29) is 17.7 Å². The first-order valence-corrected chi connectivity index (χ1v) is 5.82. The third-order valence-electron chi connectivity index (χ3n) is 2.94. The molecule has 0 radical (unpaired) electrons. The minimum atomic E-state index is -0.561. The van der Waals surface area contributed by atoms with Gasteiger partial charge in [0, 0.05) is 6.54 Å². The van der Waals surface area contributed by atoms with Crippen LogP contribution in [0.2, 0.25) is 0 Å². The molecule has 1 aliphatic heterocycles. The molecule has 5 nitrogen and oxygen atoms in total. The minimum absolute atomic E-state index is 0.0259. The van der Waals surface area contributed by atoms with E-state index in [1.165, 1.54) is 0 Å². The zero-order valence-corrected chi connectivity index (χ0v) is 9.95. The lowest BCUT2D eigenvalue weighted by Gasteiger charge is -2.25. The van der Waals surface area contributed by atoms with Crippen molar-refractivity contribution in [2.45, 2.75) is 32.7 Å². The maximum absolute atomic E-state index is 11.9. The molecule has 1 fully saturated rings. The van der Waals surface area contributed by atoms with Crippen LogP contribution in [0.5, 0.6) is 0 Å². The second kappa shape index (κ2) is 5.84. The maximum Gasteiger partial charge on any atom is 0.240 e. The highest BCUT2D eigenvalue weighted by Gasteiger charge is 2.26. The Labute approximate surface area is 96.1 Å². The molecule has 92 valence electrons. The van der Waals surface area contributed by atoms with Crippen molar-refractivity contribution in [3.8, 4) is 0 Å². The Balaban J connectivity index is 2.50. The molecule has 0 spiro atoms. The highest BCUT2D eigenvalue weighted by Crippen LogP contribution is 2.11. The lowest BCUT2D eigenvalue weighted by atomic mass is 9.97. The predicted molar refractivity (Wildman–Crippen MR) is 61.6 cm³/mol. The summed E-state index contributed by atoms with van der Waals surface area (Å²) in [6.45, 7) is 5.40. The Hall–Kier alpha value is -1.10. The number of carbonyl (C=O) groups excluding carboxylic acids is 2. The van der Waals surface area contributed by atoms with Crippen LogP contribution in [0.3, 0.4) is 0 Å². The van der Waals surface area contributed by atoms with E-state index in [2.05, 4.69) is 10.6 Å². The first-order valence-electron chi connectivity index (χ1n) is 5.82. The number of nitrogens with one attached hydrogen (secondary N) is 2. The van der Waals surface area contributed by atoms with Crippen LogP contribution in [0.1, 0.15) is 26.7 Å². The molecule has 0 aliphatic carbocycles. The van der Waals surface area contributed by atoms with E-state index in [9.17, 15) is 9.59 Å². The zero-order chi connectivity index (χ0) is 12.1. The summed E-state index contributed by atoms with van der Waals surface area (Å²) < 4.78 is 0. The number of rotatable bonds is 4. The number of carbonyl (C=O) groups is 2. The van der Waals surface area contributed by atoms with E-state index >= 15 is 0 Å². The molecule has 0 aromatic heterocycles. The van der Waals surface area contributed by atoms with Crippen LogP contribution in [0.4, 0.5) is 0 Å². The lowest BCUT2D eigenvalue weighted by molar-refractivity contribution is -0.131. The Morgan fingerprint density at radius 3 is 2.56 bits per heavy atom. The zero-order valence-electron chi connectivity index (χ0n) is 9.95. The number of amides is 2. The molecular weight excluding hydrogens is 206 g/mol. The van der Waals surface area contributed by atoms with Gasteiger partial charge in [-0.2, -0.15) is 0 Å². The first kappa shape index (κ1) is 13.0. The van der Waals surface area contributed by atoms with Crippen molar-refractivity contribution < 1.29 is 9.59 Å². The molecule has 0 bridgehead atoms. The monoisotopic (exact) mass is 227 g/mol. The fourth-order valence-electron chi connectivity index (χ4n) is 1.91. The van der Waals surface area contributed by atoms with Crippen molar-refractivity contribution in [2.24, 2.45) is 17.6 Å². The van der Waals surface area contributed by atoms with Crippen molar-refractivity contribution >= 4 is 11.8 Å². The van der Waals surface area contributed by atoms with E-state index in [0.29, 0.717) is 6.54 Å². The summed E-state index contributed by atoms with van der Waals surface area (Å²) >= 11 is 0. The van der Waals surface area contributed by atoms with E-state index < -0.39 is 11.9 Å². The second-order valence-corrected chi connectivity index (χ2v) is 4.68. The van der Waals surface area contributed by atoms with Gasteiger partial charge in [0.1, 0.15) is 6.04 Å². The summed E-state index contributed by atoms with van der Waals surface area (Å²) in [6, 6.07) is -0.561. The summed E-state index contributed by atoms with van der Waals surface area (Å²) in [5.41, 5.74) is 5.25. The van der Waals surface area contributed by atoms with E-state index in [4.69, 9.17) is 5.73 Å². The Kier molecular flexibility index (Phi) is 4.73. The summed E-state index contributed by atoms with van der Waals surface area (Å²) in [4.78, 5) is 23.0. The number of hydrogen-bond donors (Lipinski definition) is 3. The Morgan fingerprint density at radius 2 is 2.12 bits per heavy atom. The standard InChI is InChI=1S/C11H21N3O2/c1-7(2)9(10(12)15)14-11(16)8-4-3-5-13-6-8/h7-9,13H,3-6H2,1-2H3,(H2,12,15)(H,14,16). The average Bonchev–Trinajstić information content (AvgIpc) is 2.25. The number of piperidine rings is 1. The van der Waals surface area contributed by atoms with Gasteiger partial charge in [0.15, 0.2) is 0 Å². The summed E-state index contributed by atoms with van der Waals surface area (Å²) in [6.07, 6.45) is 1.88. The van der Waals surface area contributed by atoms with Gasteiger partial charge >= 0.3 is 0 Å². The van der Waals surface area contributed by atoms with E-state index in [0.717, 1.165) is 19.4 Å². The third-order valence-corrected chi connectivity index (χ3v) is 2.94. The molecule has 5 heteroatoms. The molecule has 1 rings (SSSR count). The molecule has 2 unspecified atom stereocenters. The number of nitrogens with two attached hydrogens (primary N) is 1. The molecular formula is C11H21N3O2. The molecule has 2 atom stereocenters. The van der Waals surface area contributed by atoms with Crippen LogP contribution in [-0.4, -0.2) is 30.9 Å². The fraction of sp³-hybridized carbons (Fsp3) is 0.818. The van der Waals surface area contributed by atoms with Crippen LogP contribution < -0.4 is 16.4 Å². The van der Waals surface area contributed by atoms with E-state index in [1.807, 2.05) is 13.8 Å². The molecule has 4 N–H and O–H groups in total. The molecule has 2 amide bonds. The first-order chi connectivity index (χ1) is 7.52. The molecule has 1 saturated heterocycles. The van der Waals surface area contributed by atoms with Gasteiger partial charge in [-0.15, -0.1) is 0 Å². The van der Waals surface area contributed by atoms with Gasteiger partial charge in [0.2, 0.25) is 11.8 Å². The van der Waals surface area contributed by atoms with Gasteiger partial charge < -0.3 is 16.4 Å². The van der Waals surface area contributed by atoms with E-state index in [1.54, 1.807) is 0 Å². The van der Waals surface area contributed by atoms with Crippen LogP contribution in [0, 0.1) is 11.8 Å². The van der Waals surface area contributed by atoms with Crippen LogP contribution in [0.25, 0.3) is 0 Å². The molecule has 0 saturated carbocycles. The quantitative estimate of drug-likeness (QED) is 0.611. The Morgan fingerprint density at radius 1 is 1.44 bits per heavy atom. The summed E-state index contributed by atoms with van der Waals surface area (Å²) in [7, 11) is 0. The molecule has 0 aromatic carbocycles. The minimum Gasteiger partial charge on any atom is -0.368 e. The van der Waals surface area contributed by atoms with Crippen molar-refractivity contribution in [3.05, 3.63) is 0 Å². The smallest absolute Gasteiger partial charge is 0.240 e. The van der Waals surface area contributed by atoms with Crippen molar-refractivity contribution in [3.63, 3.8) is 0 Å². The van der Waals surface area contributed by atoms with Crippen LogP contribution in [0.15, 0.2) is 0 Å². The normalized spacial score (nSPS) is 22.8. The maximum atomic E-state index is 11.9. The molecule has 16 heavy (non-hydrogen) atoms. The number of primary amides is 1. The largest absolute Gasteiger partial charge is 0.368 e. The predicted octanol–water partition coefficient (Wildman–Crippen LogP) is -0.388. The SMILES string of the molecule is CC(C)C(NC(=O)C1CCCNC1)C(N)=O. The molecule has 1 aliphatic rings. The third kappa shape index (κ3) is 3.48. The highest BCUT2D eigenvalue weighted by molar-refractivity contribution is 5.87. The number of hydrogen-bond acceptors (Lipinski definition) is 3. The van der Waals surface area contributed by atoms with Crippen molar-refractivity contribution in [1.29, 1.82) is 0 Å². The molecule has 1 heterocycles. The fourth-order valence-corrected chi connectivity index (χ4v) is 1.91. The van der Waals surface area contributed by atoms with Gasteiger partial charge in [-0.25, -0.2) is 0 Å². The van der Waals surface area contributed by atoms with Crippen molar-refractivity contribution in [2.75, 3.05) is 13.1 Å². The summed E-state index contributed by atoms with van der Waals surface area (Å²) in [5, 5.41) is 5.90. The topological polar surface area (TPSA) is 84.2 Å². The average molecular weight is 227 g/mol. The van der Waals surface area contributed by atoms with Gasteiger partial charge in [-0.05, 0) is 25.3 Å². The van der Waals surface area contributed by atoms with Crippen molar-refractivity contribution in [1.82, 2.24) is 10.6 Å². The summed E-state index contributed by atoms with van der Waals surface area (Å²) in [5.74, 6) is -0.538. The highest BCUT2D eigenvalue weighted by atomic mass is 16.2. The Bertz CT molecular complexity index is 260. The van der Waals surface area contributed by atoms with Gasteiger partial charge in [-0.1, -0.05) is 13.8 Å². The van der Waals surface area contributed by atoms with Crippen LogP contribution >= 0.6 is 0 Å². The van der Waals surface area contributed by atoms with Crippen LogP contribution in [-0.2, 0) is 9.59 Å². The van der Waals surface area contributed by atoms with Gasteiger partial charge in [0.05, 0.1) is 5.92 Å².